The Kier molecular flexibility index (Phi) is 4.73. The van der Waals surface area contributed by atoms with E-state index in [2.05, 4.69) is 10.6 Å². The summed E-state index contributed by atoms with van der Waals surface area (Å²) < 4.78 is 0. The van der Waals surface area contributed by atoms with E-state index in [1.165, 1.54) is 0 Å². The van der Waals surface area contributed by atoms with Crippen LogP contribution in [0.5, 0.6) is 0 Å². The zero-order valence-electron chi connectivity index (χ0n) is 10.4. The highest BCUT2D eigenvalue weighted by Crippen LogP contribution is 2.09. The van der Waals surface area contributed by atoms with Crippen LogP contribution in [-0.4, -0.2) is 36.8 Å². The number of carbonyl (C=O) groups excluding carboxylic acids is 1. The summed E-state index contributed by atoms with van der Waals surface area (Å²) in [5, 5.41) is 15.4. The van der Waals surface area contributed by atoms with E-state index in [0.29, 0.717) is 6.42 Å². The molecule has 1 amide bonds. The van der Waals surface area contributed by atoms with Crippen molar-refractivity contribution in [3.63, 3.8) is 0 Å². The molecule has 0 aromatic heterocycles. The van der Waals surface area contributed by atoms with Crippen molar-refractivity contribution in [1.82, 2.24) is 10.6 Å². The number of hydrogen-bond acceptors (Lipinski definition) is 3. The molecule has 1 heterocycles. The van der Waals surface area contributed by atoms with Crippen molar-refractivity contribution in [1.29, 1.82) is 0 Å². The fourth-order valence-electron chi connectivity index (χ4n) is 2.26. The van der Waals surface area contributed by atoms with E-state index >= 15 is 0 Å². The van der Waals surface area contributed by atoms with Crippen LogP contribution >= 0.6 is 0 Å². The van der Waals surface area contributed by atoms with Crippen LogP contribution in [0.15, 0.2) is 30.3 Å². The average molecular weight is 248 g/mol. The zero-order chi connectivity index (χ0) is 12.8. The molecule has 0 aliphatic carbocycles. The third kappa shape index (κ3) is 3.55. The molecule has 0 saturated carbocycles. The van der Waals surface area contributed by atoms with Crippen molar-refractivity contribution in [3.05, 3.63) is 35.9 Å². The second-order valence-electron chi connectivity index (χ2n) is 4.77. The number of benzene rings is 1. The molecule has 0 bridgehead atoms. The van der Waals surface area contributed by atoms with Gasteiger partial charge in [-0.3, -0.25) is 4.79 Å². The maximum Gasteiger partial charge on any atom is 0.224 e. The van der Waals surface area contributed by atoms with Crippen LogP contribution in [0.2, 0.25) is 0 Å². The molecular weight excluding hydrogens is 228 g/mol. The van der Waals surface area contributed by atoms with Crippen LogP contribution in [0.25, 0.3) is 0 Å². The maximum absolute atomic E-state index is 11.9. The van der Waals surface area contributed by atoms with Gasteiger partial charge in [0.25, 0.3) is 0 Å². The molecule has 1 fully saturated rings. The fourth-order valence-corrected chi connectivity index (χ4v) is 2.26. The quantitative estimate of drug-likeness (QED) is 0.703. The smallest absolute Gasteiger partial charge is 0.224 e. The van der Waals surface area contributed by atoms with Crippen LogP contribution in [0, 0.1) is 5.92 Å². The van der Waals surface area contributed by atoms with E-state index < -0.39 is 0 Å². The van der Waals surface area contributed by atoms with Gasteiger partial charge in [-0.25, -0.2) is 0 Å². The van der Waals surface area contributed by atoms with Gasteiger partial charge < -0.3 is 15.7 Å². The summed E-state index contributed by atoms with van der Waals surface area (Å²) in [6.45, 7) is 1.62. The van der Waals surface area contributed by atoms with Gasteiger partial charge in [0, 0.05) is 6.54 Å². The zero-order valence-corrected chi connectivity index (χ0v) is 10.4. The van der Waals surface area contributed by atoms with Gasteiger partial charge in [0.05, 0.1) is 18.6 Å². The van der Waals surface area contributed by atoms with Crippen molar-refractivity contribution >= 4 is 5.91 Å². The number of amides is 1. The molecule has 1 aromatic carbocycles. The first-order valence-corrected chi connectivity index (χ1v) is 6.45. The molecular formula is C14H20N2O2. The molecule has 1 aliphatic rings. The minimum Gasteiger partial charge on any atom is -0.394 e. The Bertz CT molecular complexity index is 375. The number of nitrogens with one attached hydrogen (secondary N) is 2. The van der Waals surface area contributed by atoms with E-state index in [0.717, 1.165) is 25.1 Å². The molecule has 18 heavy (non-hydrogen) atoms. The number of carbonyl (C=O) groups is 1. The molecule has 1 saturated heterocycles. The van der Waals surface area contributed by atoms with Crippen LogP contribution in [0.1, 0.15) is 12.0 Å². The first-order chi connectivity index (χ1) is 8.79. The van der Waals surface area contributed by atoms with Gasteiger partial charge in [0.15, 0.2) is 0 Å². The highest BCUT2D eigenvalue weighted by atomic mass is 16.3. The van der Waals surface area contributed by atoms with Crippen molar-refractivity contribution in [2.24, 2.45) is 5.92 Å². The third-order valence-electron chi connectivity index (χ3n) is 3.32. The van der Waals surface area contributed by atoms with Gasteiger partial charge in [-0.2, -0.15) is 0 Å². The van der Waals surface area contributed by atoms with E-state index in [-0.39, 0.29) is 24.5 Å². The summed E-state index contributed by atoms with van der Waals surface area (Å²) in [6.07, 6.45) is 1.55. The van der Waals surface area contributed by atoms with Crippen LogP contribution in [-0.2, 0) is 11.2 Å². The molecule has 2 rings (SSSR count). The summed E-state index contributed by atoms with van der Waals surface area (Å²) in [4.78, 5) is 11.9. The summed E-state index contributed by atoms with van der Waals surface area (Å²) in [7, 11) is 0. The molecule has 1 aliphatic heterocycles. The molecule has 1 unspecified atom stereocenters. The lowest BCUT2D eigenvalue weighted by molar-refractivity contribution is -0.125. The molecule has 3 N–H and O–H groups in total. The van der Waals surface area contributed by atoms with Crippen molar-refractivity contribution in [3.8, 4) is 0 Å². The van der Waals surface area contributed by atoms with Crippen LogP contribution < -0.4 is 10.6 Å². The summed E-state index contributed by atoms with van der Waals surface area (Å²) in [5.41, 5.74) is 1.13. The summed E-state index contributed by atoms with van der Waals surface area (Å²) in [5.74, 6) is 0.102. The van der Waals surface area contributed by atoms with Gasteiger partial charge in [-0.1, -0.05) is 30.3 Å². The standard InChI is InChI=1S/C14H20N2O2/c17-10-13(8-11-4-2-1-3-5-11)16-14(18)12-6-7-15-9-12/h1-5,12-13,15,17H,6-10H2,(H,16,18)/t12?,13-/m1/s1. The van der Waals surface area contributed by atoms with Crippen molar-refractivity contribution < 1.29 is 9.90 Å². The molecule has 1 aromatic rings. The first kappa shape index (κ1) is 13.1. The lowest BCUT2D eigenvalue weighted by atomic mass is 10.0. The van der Waals surface area contributed by atoms with Crippen LogP contribution in [0.3, 0.4) is 0 Å². The van der Waals surface area contributed by atoms with Gasteiger partial charge >= 0.3 is 0 Å². The Morgan fingerprint density at radius 1 is 1.44 bits per heavy atom. The number of aliphatic hydroxyl groups excluding tert-OH is 1. The van der Waals surface area contributed by atoms with Gasteiger partial charge in [-0.05, 0) is 24.9 Å². The Morgan fingerprint density at radius 2 is 2.22 bits per heavy atom. The number of hydrogen-bond donors (Lipinski definition) is 3. The van der Waals surface area contributed by atoms with Crippen LogP contribution in [0.4, 0.5) is 0 Å². The number of rotatable bonds is 5. The lowest BCUT2D eigenvalue weighted by Crippen LogP contribution is -2.42. The molecule has 98 valence electrons. The topological polar surface area (TPSA) is 61.4 Å². The van der Waals surface area contributed by atoms with Gasteiger partial charge in [-0.15, -0.1) is 0 Å². The Hall–Kier alpha value is -1.39. The summed E-state index contributed by atoms with van der Waals surface area (Å²) in [6, 6.07) is 9.71. The highest BCUT2D eigenvalue weighted by molar-refractivity contribution is 5.79. The second-order valence-corrected chi connectivity index (χ2v) is 4.77. The van der Waals surface area contributed by atoms with E-state index in [4.69, 9.17) is 0 Å². The van der Waals surface area contributed by atoms with E-state index in [9.17, 15) is 9.90 Å². The maximum atomic E-state index is 11.9. The largest absolute Gasteiger partial charge is 0.394 e. The monoisotopic (exact) mass is 248 g/mol. The van der Waals surface area contributed by atoms with Crippen molar-refractivity contribution in [2.75, 3.05) is 19.7 Å². The molecule has 4 heteroatoms. The molecule has 4 nitrogen and oxygen atoms in total. The van der Waals surface area contributed by atoms with E-state index in [1.807, 2.05) is 30.3 Å². The first-order valence-electron chi connectivity index (χ1n) is 6.45. The summed E-state index contributed by atoms with van der Waals surface area (Å²) >= 11 is 0. The molecule has 0 radical (unpaired) electrons. The Morgan fingerprint density at radius 3 is 2.83 bits per heavy atom. The third-order valence-corrected chi connectivity index (χ3v) is 3.32. The predicted octanol–water partition coefficient (Wildman–Crippen LogP) is 0.316. The fraction of sp³-hybridized carbons (Fsp3) is 0.500. The number of aliphatic hydroxyl groups is 1. The predicted molar refractivity (Wildman–Crippen MR) is 70.1 cm³/mol. The molecule has 0 spiro atoms. The van der Waals surface area contributed by atoms with Gasteiger partial charge in [0.2, 0.25) is 5.91 Å². The Labute approximate surface area is 107 Å². The second kappa shape index (κ2) is 6.52. The molecule has 2 atom stereocenters. The van der Waals surface area contributed by atoms with Gasteiger partial charge in [0.1, 0.15) is 0 Å². The minimum absolute atomic E-state index is 0.0270. The normalized spacial score (nSPS) is 20.6. The average Bonchev–Trinajstić information content (AvgIpc) is 2.93. The van der Waals surface area contributed by atoms with E-state index in [1.54, 1.807) is 0 Å². The Balaban J connectivity index is 1.87. The van der Waals surface area contributed by atoms with Crippen molar-refractivity contribution in [2.45, 2.75) is 18.9 Å². The SMILES string of the molecule is O=C(N[C@@H](CO)Cc1ccccc1)C1CCNC1. The lowest BCUT2D eigenvalue weighted by Gasteiger charge is -2.18. The highest BCUT2D eigenvalue weighted by Gasteiger charge is 2.24. The minimum atomic E-state index is -0.194.